The number of carbonyl (C=O) groups excluding carboxylic acids is 2. The summed E-state index contributed by atoms with van der Waals surface area (Å²) in [6.07, 6.45) is 2.91. The first kappa shape index (κ1) is 16.8. The minimum Gasteiger partial charge on any atom is -0.457 e. The Bertz CT molecular complexity index is 1060. The van der Waals surface area contributed by atoms with E-state index in [0.717, 1.165) is 0 Å². The molecule has 0 atom stereocenters. The summed E-state index contributed by atoms with van der Waals surface area (Å²) in [7, 11) is 0. The SMILES string of the molecule is Cc1c(OC(=O)c2ccco2)ccc2c1O/C(=C\c1ccc(F)cc1)C2=O. The normalized spacial score (nSPS) is 14.1. The molecule has 0 saturated carbocycles. The molecule has 2 heterocycles. The Balaban J connectivity index is 1.62. The Morgan fingerprint density at radius 3 is 2.59 bits per heavy atom. The molecule has 0 fully saturated rings. The fourth-order valence-electron chi connectivity index (χ4n) is 2.73. The van der Waals surface area contributed by atoms with E-state index in [4.69, 9.17) is 13.9 Å². The Labute approximate surface area is 153 Å². The highest BCUT2D eigenvalue weighted by Crippen LogP contribution is 2.39. The van der Waals surface area contributed by atoms with Gasteiger partial charge in [0.1, 0.15) is 17.3 Å². The summed E-state index contributed by atoms with van der Waals surface area (Å²) < 4.78 is 29.1. The van der Waals surface area contributed by atoms with Gasteiger partial charge in [-0.1, -0.05) is 12.1 Å². The molecule has 134 valence electrons. The first-order valence-electron chi connectivity index (χ1n) is 8.12. The average molecular weight is 364 g/mol. The number of hydrogen-bond acceptors (Lipinski definition) is 5. The fraction of sp³-hybridized carbons (Fsp3) is 0.0476. The van der Waals surface area contributed by atoms with Crippen molar-refractivity contribution in [1.82, 2.24) is 0 Å². The molecular weight excluding hydrogens is 351 g/mol. The lowest BCUT2D eigenvalue weighted by Crippen LogP contribution is -2.08. The summed E-state index contributed by atoms with van der Waals surface area (Å²) in [4.78, 5) is 24.6. The second-order valence-electron chi connectivity index (χ2n) is 5.92. The number of carbonyl (C=O) groups is 2. The molecule has 1 aliphatic rings. The van der Waals surface area contributed by atoms with Gasteiger partial charge in [0.05, 0.1) is 11.8 Å². The number of esters is 1. The molecule has 0 bridgehead atoms. The molecule has 0 radical (unpaired) electrons. The summed E-state index contributed by atoms with van der Waals surface area (Å²) in [5.41, 5.74) is 1.52. The van der Waals surface area contributed by atoms with Gasteiger partial charge in [-0.25, -0.2) is 9.18 Å². The van der Waals surface area contributed by atoms with Crippen LogP contribution < -0.4 is 9.47 Å². The maximum atomic E-state index is 13.0. The molecule has 0 N–H and O–H groups in total. The van der Waals surface area contributed by atoms with E-state index in [1.54, 1.807) is 31.2 Å². The van der Waals surface area contributed by atoms with Crippen LogP contribution in [0.25, 0.3) is 6.08 Å². The third-order valence-electron chi connectivity index (χ3n) is 4.13. The van der Waals surface area contributed by atoms with Crippen molar-refractivity contribution in [3.8, 4) is 11.5 Å². The van der Waals surface area contributed by atoms with E-state index >= 15 is 0 Å². The quantitative estimate of drug-likeness (QED) is 0.387. The van der Waals surface area contributed by atoms with E-state index in [-0.39, 0.29) is 28.9 Å². The van der Waals surface area contributed by atoms with Gasteiger partial charge in [0, 0.05) is 5.56 Å². The molecule has 3 aromatic rings. The van der Waals surface area contributed by atoms with Crippen LogP contribution in [0, 0.1) is 12.7 Å². The van der Waals surface area contributed by atoms with Gasteiger partial charge in [-0.15, -0.1) is 0 Å². The Hall–Kier alpha value is -3.67. The molecule has 0 spiro atoms. The molecule has 5 nitrogen and oxygen atoms in total. The average Bonchev–Trinajstić information content (AvgIpc) is 3.29. The highest BCUT2D eigenvalue weighted by Gasteiger charge is 2.30. The first-order chi connectivity index (χ1) is 13.0. The van der Waals surface area contributed by atoms with E-state index in [2.05, 4.69) is 0 Å². The van der Waals surface area contributed by atoms with E-state index in [0.29, 0.717) is 22.4 Å². The zero-order chi connectivity index (χ0) is 19.0. The topological polar surface area (TPSA) is 65.7 Å². The van der Waals surface area contributed by atoms with Crippen LogP contribution >= 0.6 is 0 Å². The van der Waals surface area contributed by atoms with Crippen LogP contribution in [0.1, 0.15) is 32.0 Å². The maximum Gasteiger partial charge on any atom is 0.379 e. The van der Waals surface area contributed by atoms with Crippen molar-refractivity contribution in [2.75, 3.05) is 0 Å². The molecule has 2 aromatic carbocycles. The van der Waals surface area contributed by atoms with Crippen molar-refractivity contribution in [2.45, 2.75) is 6.92 Å². The number of benzene rings is 2. The Kier molecular flexibility index (Phi) is 4.08. The Morgan fingerprint density at radius 2 is 1.89 bits per heavy atom. The van der Waals surface area contributed by atoms with Gasteiger partial charge in [0.2, 0.25) is 11.5 Å². The third kappa shape index (κ3) is 3.13. The van der Waals surface area contributed by atoms with Crippen LogP contribution in [0.15, 0.2) is 65.0 Å². The summed E-state index contributed by atoms with van der Waals surface area (Å²) in [5.74, 6) is -0.504. The first-order valence-corrected chi connectivity index (χ1v) is 8.12. The van der Waals surface area contributed by atoms with Crippen molar-refractivity contribution in [3.05, 3.63) is 88.8 Å². The van der Waals surface area contributed by atoms with Crippen LogP contribution in [0.4, 0.5) is 4.39 Å². The molecule has 0 saturated heterocycles. The third-order valence-corrected chi connectivity index (χ3v) is 4.13. The number of fused-ring (bicyclic) bond motifs is 1. The van der Waals surface area contributed by atoms with E-state index in [1.807, 2.05) is 0 Å². The van der Waals surface area contributed by atoms with Crippen LogP contribution in [0.2, 0.25) is 0 Å². The minimum atomic E-state index is -0.644. The lowest BCUT2D eigenvalue weighted by molar-refractivity contribution is 0.0700. The zero-order valence-corrected chi connectivity index (χ0v) is 14.2. The number of allylic oxidation sites excluding steroid dienone is 1. The monoisotopic (exact) mass is 364 g/mol. The van der Waals surface area contributed by atoms with Crippen LogP contribution in [0.3, 0.4) is 0 Å². The lowest BCUT2D eigenvalue weighted by atomic mass is 10.1. The summed E-state index contributed by atoms with van der Waals surface area (Å²) in [6, 6.07) is 11.9. The van der Waals surface area contributed by atoms with Crippen molar-refractivity contribution in [2.24, 2.45) is 0 Å². The number of ketones is 1. The molecular formula is C21H13FO5. The van der Waals surface area contributed by atoms with Crippen molar-refractivity contribution in [1.29, 1.82) is 0 Å². The molecule has 4 rings (SSSR count). The second kappa shape index (κ2) is 6.57. The van der Waals surface area contributed by atoms with Crippen LogP contribution in [0.5, 0.6) is 11.5 Å². The number of rotatable bonds is 3. The van der Waals surface area contributed by atoms with Crippen LogP contribution in [-0.2, 0) is 0 Å². The molecule has 1 aliphatic heterocycles. The lowest BCUT2D eigenvalue weighted by Gasteiger charge is -2.09. The number of hydrogen-bond donors (Lipinski definition) is 0. The van der Waals surface area contributed by atoms with E-state index < -0.39 is 5.97 Å². The van der Waals surface area contributed by atoms with Crippen molar-refractivity contribution >= 4 is 17.8 Å². The van der Waals surface area contributed by atoms with Gasteiger partial charge in [0.25, 0.3) is 0 Å². The smallest absolute Gasteiger partial charge is 0.379 e. The van der Waals surface area contributed by atoms with Gasteiger partial charge in [-0.2, -0.15) is 0 Å². The highest BCUT2D eigenvalue weighted by atomic mass is 19.1. The molecule has 1 aromatic heterocycles. The molecule has 0 unspecified atom stereocenters. The van der Waals surface area contributed by atoms with Crippen LogP contribution in [-0.4, -0.2) is 11.8 Å². The molecule has 0 amide bonds. The fourth-order valence-corrected chi connectivity index (χ4v) is 2.73. The predicted molar refractivity (Wildman–Crippen MR) is 94.2 cm³/mol. The largest absolute Gasteiger partial charge is 0.457 e. The summed E-state index contributed by atoms with van der Waals surface area (Å²) >= 11 is 0. The van der Waals surface area contributed by atoms with Crippen molar-refractivity contribution in [3.63, 3.8) is 0 Å². The Morgan fingerprint density at radius 1 is 1.11 bits per heavy atom. The standard InChI is InChI=1S/C21H13FO5/c1-12-16(27-21(24)17-3-2-10-25-17)9-8-15-19(23)18(26-20(12)15)11-13-4-6-14(22)7-5-13/h2-11H,1H3/b18-11-. The number of furan rings is 1. The number of halogens is 1. The van der Waals surface area contributed by atoms with Gasteiger partial charge >= 0.3 is 5.97 Å². The molecule has 6 heteroatoms. The minimum absolute atomic E-state index is 0.0730. The number of ether oxygens (including phenoxy) is 2. The molecule has 0 aliphatic carbocycles. The summed E-state index contributed by atoms with van der Waals surface area (Å²) in [6.45, 7) is 1.69. The van der Waals surface area contributed by atoms with E-state index in [9.17, 15) is 14.0 Å². The second-order valence-corrected chi connectivity index (χ2v) is 5.92. The van der Waals surface area contributed by atoms with Gasteiger partial charge in [0.15, 0.2) is 5.76 Å². The van der Waals surface area contributed by atoms with Gasteiger partial charge in [-0.05, 0) is 55.0 Å². The van der Waals surface area contributed by atoms with Gasteiger partial charge < -0.3 is 13.9 Å². The summed E-state index contributed by atoms with van der Waals surface area (Å²) in [5, 5.41) is 0. The van der Waals surface area contributed by atoms with Crippen molar-refractivity contribution < 1.29 is 27.9 Å². The van der Waals surface area contributed by atoms with E-state index in [1.165, 1.54) is 36.6 Å². The zero-order valence-electron chi connectivity index (χ0n) is 14.2. The van der Waals surface area contributed by atoms with Gasteiger partial charge in [-0.3, -0.25) is 4.79 Å². The number of Topliss-reactive ketones (excluding diaryl/α,β-unsaturated/α-hetero) is 1. The highest BCUT2D eigenvalue weighted by molar-refractivity contribution is 6.15. The maximum absolute atomic E-state index is 13.0. The molecule has 27 heavy (non-hydrogen) atoms. The predicted octanol–water partition coefficient (Wildman–Crippen LogP) is 4.56.